The molecule has 1 rings (SSSR count). The summed E-state index contributed by atoms with van der Waals surface area (Å²) in [5, 5.41) is 7.44. The third-order valence-corrected chi connectivity index (χ3v) is 2.96. The largest absolute Gasteiger partial charge is 0.497 e. The summed E-state index contributed by atoms with van der Waals surface area (Å²) in [6.45, 7) is 0. The molecule has 0 saturated carbocycles. The molecule has 0 saturated heterocycles. The molecule has 0 fully saturated rings. The SMILES string of the molecule is COc1ccc(/C=C\C(=O)CC(=N)C(Cl)(Cl)Cl)cc1. The number of benzene rings is 1. The number of carbonyl (C=O) groups excluding carboxylic acids is 1. The van der Waals surface area contributed by atoms with E-state index < -0.39 is 3.79 Å². The molecule has 6 heteroatoms. The highest BCUT2D eigenvalue weighted by Gasteiger charge is 2.27. The molecule has 0 aliphatic carbocycles. The second kappa shape index (κ2) is 6.94. The summed E-state index contributed by atoms with van der Waals surface area (Å²) < 4.78 is 3.19. The van der Waals surface area contributed by atoms with Gasteiger partial charge in [0, 0.05) is 0 Å². The quantitative estimate of drug-likeness (QED) is 0.505. The van der Waals surface area contributed by atoms with Crippen LogP contribution in [0.5, 0.6) is 5.75 Å². The number of hydrogen-bond acceptors (Lipinski definition) is 3. The maximum absolute atomic E-state index is 11.6. The van der Waals surface area contributed by atoms with Gasteiger partial charge in [-0.1, -0.05) is 53.0 Å². The molecule has 1 aromatic rings. The van der Waals surface area contributed by atoms with Gasteiger partial charge in [-0.2, -0.15) is 0 Å². The molecule has 0 unspecified atom stereocenters. The van der Waals surface area contributed by atoms with Gasteiger partial charge in [0.2, 0.25) is 3.79 Å². The monoisotopic (exact) mass is 319 g/mol. The van der Waals surface area contributed by atoms with Crippen LogP contribution < -0.4 is 4.74 Å². The van der Waals surface area contributed by atoms with Crippen LogP contribution in [0.3, 0.4) is 0 Å². The number of allylic oxidation sites excluding steroid dienone is 1. The van der Waals surface area contributed by atoms with Crippen molar-refractivity contribution >= 4 is 52.4 Å². The number of ether oxygens (including phenoxy) is 1. The Morgan fingerprint density at radius 3 is 2.37 bits per heavy atom. The van der Waals surface area contributed by atoms with Crippen LogP contribution in [-0.4, -0.2) is 22.4 Å². The van der Waals surface area contributed by atoms with Crippen LogP contribution in [0.4, 0.5) is 0 Å². The van der Waals surface area contributed by atoms with E-state index in [1.807, 2.05) is 12.1 Å². The van der Waals surface area contributed by atoms with Crippen molar-refractivity contribution in [1.29, 1.82) is 5.41 Å². The van der Waals surface area contributed by atoms with Crippen LogP contribution in [0, 0.1) is 5.41 Å². The van der Waals surface area contributed by atoms with Gasteiger partial charge in [-0.05, 0) is 23.8 Å². The molecular formula is C13H12Cl3NO2. The molecule has 102 valence electrons. The number of halogens is 3. The summed E-state index contributed by atoms with van der Waals surface area (Å²) in [6, 6.07) is 7.19. The second-order valence-electron chi connectivity index (χ2n) is 3.73. The minimum absolute atomic E-state index is 0.219. The molecule has 19 heavy (non-hydrogen) atoms. The summed E-state index contributed by atoms with van der Waals surface area (Å²) in [4.78, 5) is 11.6. The zero-order valence-corrected chi connectivity index (χ0v) is 12.4. The van der Waals surface area contributed by atoms with Crippen LogP contribution in [0.25, 0.3) is 6.08 Å². The van der Waals surface area contributed by atoms with Gasteiger partial charge >= 0.3 is 0 Å². The van der Waals surface area contributed by atoms with Gasteiger partial charge in [0.1, 0.15) is 5.75 Å². The van der Waals surface area contributed by atoms with Crippen molar-refractivity contribution < 1.29 is 9.53 Å². The fourth-order valence-electron chi connectivity index (χ4n) is 1.24. The van der Waals surface area contributed by atoms with Crippen molar-refractivity contribution in [2.75, 3.05) is 7.11 Å². The first kappa shape index (κ1) is 16.0. The molecule has 0 spiro atoms. The molecule has 0 aliphatic rings. The van der Waals surface area contributed by atoms with Crippen molar-refractivity contribution in [2.45, 2.75) is 10.2 Å². The summed E-state index contributed by atoms with van der Waals surface area (Å²) >= 11 is 16.5. The summed E-state index contributed by atoms with van der Waals surface area (Å²) in [5.41, 5.74) is 0.594. The van der Waals surface area contributed by atoms with Gasteiger partial charge in [-0.15, -0.1) is 0 Å². The molecule has 0 aromatic heterocycles. The molecule has 0 bridgehead atoms. The van der Waals surface area contributed by atoms with Crippen LogP contribution in [-0.2, 0) is 4.79 Å². The number of hydrogen-bond donors (Lipinski definition) is 1. The lowest BCUT2D eigenvalue weighted by atomic mass is 10.1. The highest BCUT2D eigenvalue weighted by molar-refractivity contribution is 6.77. The highest BCUT2D eigenvalue weighted by Crippen LogP contribution is 2.28. The Labute approximate surface area is 126 Å². The highest BCUT2D eigenvalue weighted by atomic mass is 35.6. The smallest absolute Gasteiger partial charge is 0.228 e. The van der Waals surface area contributed by atoms with Crippen LogP contribution in [0.15, 0.2) is 30.3 Å². The van der Waals surface area contributed by atoms with Crippen LogP contribution >= 0.6 is 34.8 Å². The second-order valence-corrected chi connectivity index (χ2v) is 6.01. The maximum Gasteiger partial charge on any atom is 0.228 e. The average molecular weight is 321 g/mol. The molecule has 0 atom stereocenters. The fraction of sp³-hybridized carbons (Fsp3) is 0.231. The van der Waals surface area contributed by atoms with Crippen molar-refractivity contribution in [3.63, 3.8) is 0 Å². The normalized spacial score (nSPS) is 11.6. The van der Waals surface area contributed by atoms with E-state index in [1.165, 1.54) is 6.08 Å². The lowest BCUT2D eigenvalue weighted by Gasteiger charge is -2.10. The topological polar surface area (TPSA) is 50.2 Å². The van der Waals surface area contributed by atoms with E-state index in [1.54, 1.807) is 25.3 Å². The summed E-state index contributed by atoms with van der Waals surface area (Å²) in [5.74, 6) is 0.439. The molecule has 0 amide bonds. The zero-order chi connectivity index (χ0) is 14.5. The number of nitrogens with one attached hydrogen (secondary N) is 1. The minimum atomic E-state index is -1.83. The van der Waals surface area contributed by atoms with E-state index in [9.17, 15) is 4.79 Å². The van der Waals surface area contributed by atoms with Gasteiger partial charge in [0.25, 0.3) is 0 Å². The lowest BCUT2D eigenvalue weighted by Crippen LogP contribution is -2.20. The van der Waals surface area contributed by atoms with Gasteiger partial charge in [0.05, 0.1) is 19.2 Å². The lowest BCUT2D eigenvalue weighted by molar-refractivity contribution is -0.113. The molecule has 0 heterocycles. The molecule has 1 N–H and O–H groups in total. The predicted octanol–water partition coefficient (Wildman–Crippen LogP) is 4.06. The van der Waals surface area contributed by atoms with Gasteiger partial charge in [-0.3, -0.25) is 4.79 Å². The van der Waals surface area contributed by atoms with E-state index >= 15 is 0 Å². The Hall–Kier alpha value is -1.03. The van der Waals surface area contributed by atoms with E-state index in [4.69, 9.17) is 44.9 Å². The molecular weight excluding hydrogens is 309 g/mol. The number of rotatable bonds is 5. The number of methoxy groups -OCH3 is 1. The Morgan fingerprint density at radius 1 is 1.32 bits per heavy atom. The van der Waals surface area contributed by atoms with E-state index in [0.29, 0.717) is 0 Å². The van der Waals surface area contributed by atoms with E-state index in [-0.39, 0.29) is 17.9 Å². The van der Waals surface area contributed by atoms with E-state index in [0.717, 1.165) is 11.3 Å². The molecule has 1 aromatic carbocycles. The summed E-state index contributed by atoms with van der Waals surface area (Å²) in [7, 11) is 1.58. The molecule has 3 nitrogen and oxygen atoms in total. The van der Waals surface area contributed by atoms with Crippen molar-refractivity contribution in [1.82, 2.24) is 0 Å². The number of ketones is 1. The van der Waals surface area contributed by atoms with Crippen LogP contribution in [0.1, 0.15) is 12.0 Å². The van der Waals surface area contributed by atoms with Crippen molar-refractivity contribution in [3.8, 4) is 5.75 Å². The average Bonchev–Trinajstić information content (AvgIpc) is 2.35. The van der Waals surface area contributed by atoms with Gasteiger partial charge in [-0.25, -0.2) is 0 Å². The van der Waals surface area contributed by atoms with E-state index in [2.05, 4.69) is 0 Å². The first-order valence-electron chi connectivity index (χ1n) is 5.32. The Bertz CT molecular complexity index is 490. The molecule has 0 aliphatic heterocycles. The standard InChI is InChI=1S/C13H12Cl3NO2/c1-19-11-6-3-9(4-7-11)2-5-10(18)8-12(17)13(14,15)16/h2-7,17H,8H2,1H3/b5-2-,17-12?. The molecule has 0 radical (unpaired) electrons. The number of alkyl halides is 3. The third kappa shape index (κ3) is 5.64. The van der Waals surface area contributed by atoms with Gasteiger partial charge in [0.15, 0.2) is 5.78 Å². The first-order valence-corrected chi connectivity index (χ1v) is 6.46. The first-order chi connectivity index (χ1) is 8.82. The Balaban J connectivity index is 2.61. The van der Waals surface area contributed by atoms with Crippen LogP contribution in [0.2, 0.25) is 0 Å². The van der Waals surface area contributed by atoms with Crippen molar-refractivity contribution in [3.05, 3.63) is 35.9 Å². The Morgan fingerprint density at radius 2 is 1.89 bits per heavy atom. The van der Waals surface area contributed by atoms with Crippen molar-refractivity contribution in [2.24, 2.45) is 0 Å². The van der Waals surface area contributed by atoms with Gasteiger partial charge < -0.3 is 10.1 Å². The summed E-state index contributed by atoms with van der Waals surface area (Å²) in [6.07, 6.45) is 2.77. The fourth-order valence-corrected chi connectivity index (χ4v) is 1.44. The third-order valence-electron chi connectivity index (χ3n) is 2.27. The number of carbonyl (C=O) groups is 1. The minimum Gasteiger partial charge on any atom is -0.497 e. The zero-order valence-electron chi connectivity index (χ0n) is 10.1. The maximum atomic E-state index is 11.6. The predicted molar refractivity (Wildman–Crippen MR) is 79.7 cm³/mol. The Kier molecular flexibility index (Phi) is 5.85.